The number of aromatic nitrogens is 1. The first-order valence-corrected chi connectivity index (χ1v) is 17.2. The fourth-order valence-corrected chi connectivity index (χ4v) is 7.67. The summed E-state index contributed by atoms with van der Waals surface area (Å²) in [6.07, 6.45) is 0.464. The Bertz CT molecular complexity index is 3020. The zero-order valence-electron chi connectivity index (χ0n) is 30.1. The first-order valence-electron chi connectivity index (χ1n) is 17.2. The van der Waals surface area contributed by atoms with Crippen molar-refractivity contribution in [3.63, 3.8) is 0 Å². The monoisotopic (exact) mass is 751 g/mol. The molecule has 0 spiro atoms. The average Bonchev–Trinajstić information content (AvgIpc) is 3.17. The molecule has 3 atom stereocenters. The molecule has 0 bridgehead atoms. The Balaban J connectivity index is 1.57. The van der Waals surface area contributed by atoms with Crippen LogP contribution in [0.3, 0.4) is 0 Å². The van der Waals surface area contributed by atoms with Gasteiger partial charge in [-0.1, -0.05) is 13.8 Å². The van der Waals surface area contributed by atoms with Crippen molar-refractivity contribution in [2.45, 2.75) is 51.7 Å². The van der Waals surface area contributed by atoms with E-state index in [1.165, 1.54) is 32.2 Å². The Kier molecular flexibility index (Phi) is 8.58. The highest BCUT2D eigenvalue weighted by atomic mass is 16.5. The third-order valence-electron chi connectivity index (χ3n) is 10.7. The molecule has 1 aliphatic rings. The number of fused-ring (bicyclic) bond motifs is 6. The molecule has 7 rings (SSSR count). The predicted octanol–water partition coefficient (Wildman–Crippen LogP) is 1.46. The third-order valence-corrected chi connectivity index (χ3v) is 10.7. The van der Waals surface area contributed by atoms with Gasteiger partial charge in [-0.2, -0.15) is 0 Å². The summed E-state index contributed by atoms with van der Waals surface area (Å²) in [4.78, 5) is 109. The zero-order valence-corrected chi connectivity index (χ0v) is 30.1. The number of pyridine rings is 1. The van der Waals surface area contributed by atoms with Crippen LogP contribution in [0.15, 0.2) is 54.3 Å². The number of hydrogen-bond donors (Lipinski definition) is 4. The van der Waals surface area contributed by atoms with Crippen molar-refractivity contribution < 1.29 is 39.2 Å². The molecule has 282 valence electrons. The van der Waals surface area contributed by atoms with E-state index in [4.69, 9.17) is 9.47 Å². The molecule has 16 nitrogen and oxygen atoms in total. The second-order valence-corrected chi connectivity index (χ2v) is 13.6. The second-order valence-electron chi connectivity index (χ2n) is 13.6. The highest BCUT2D eigenvalue weighted by Crippen LogP contribution is 2.46. The van der Waals surface area contributed by atoms with E-state index >= 15 is 0 Å². The number of benzene rings is 5. The van der Waals surface area contributed by atoms with Gasteiger partial charge in [-0.25, -0.2) is 4.79 Å². The van der Waals surface area contributed by atoms with Crippen molar-refractivity contribution in [2.24, 2.45) is 0 Å². The topological polar surface area (TPSA) is 236 Å². The minimum atomic E-state index is -1.17. The van der Waals surface area contributed by atoms with Crippen LogP contribution in [0.2, 0.25) is 0 Å². The summed E-state index contributed by atoms with van der Waals surface area (Å²) in [7, 11) is 2.30. The summed E-state index contributed by atoms with van der Waals surface area (Å²) in [6.45, 7) is 4.12. The number of phenols is 3. The Hall–Kier alpha value is -6.84. The SMILES string of the molecule is CCC(C)c1cc2c(O)c3ccc4c(OC)c5c(O)c6c(=O)ccc(=O)c6c(O)c5c(=O)c4c3c(=O)c2c(=O)n1CC(=O)N1CC(C(=O)OC)NC(=O)C1C. The standard InChI is InChI=1S/C39H33N3O13/c1-6-14(2)20-11-18-26(38(52)42(20)13-23(45)41-12-19(39(53)55-5)40-37(51)15(41)3)32(47)24-16(31(18)46)7-8-17-25(24)33(48)29-30(36(17)54-4)35(50)28-22(44)10-9-21(43)27(28)34(29)49/h7-11,14-15,19,46,49-50H,6,12-13H2,1-5H3,(H,40,51). The van der Waals surface area contributed by atoms with Gasteiger partial charge in [0.05, 0.1) is 47.7 Å². The first kappa shape index (κ1) is 36.5. The lowest BCUT2D eigenvalue weighted by molar-refractivity contribution is -0.153. The average molecular weight is 752 g/mol. The van der Waals surface area contributed by atoms with E-state index in [1.54, 1.807) is 6.92 Å². The lowest BCUT2D eigenvalue weighted by Gasteiger charge is -2.37. The number of rotatable bonds is 6. The number of hydrogen-bond acceptors (Lipinski definition) is 13. The van der Waals surface area contributed by atoms with Crippen LogP contribution in [0.25, 0.3) is 53.9 Å². The van der Waals surface area contributed by atoms with Crippen molar-refractivity contribution in [2.75, 3.05) is 20.8 Å². The largest absolute Gasteiger partial charge is 0.507 e. The van der Waals surface area contributed by atoms with E-state index in [0.29, 0.717) is 6.42 Å². The molecule has 6 aromatic rings. The number of aromatic hydroxyl groups is 3. The van der Waals surface area contributed by atoms with Gasteiger partial charge in [0.15, 0.2) is 16.3 Å². The van der Waals surface area contributed by atoms with E-state index in [2.05, 4.69) is 5.32 Å². The predicted molar refractivity (Wildman–Crippen MR) is 201 cm³/mol. The fraction of sp³-hybridized carbons (Fsp3) is 0.282. The van der Waals surface area contributed by atoms with Gasteiger partial charge in [0.25, 0.3) is 5.56 Å². The Morgan fingerprint density at radius 2 is 1.38 bits per heavy atom. The number of phenolic OH excluding ortho intramolecular Hbond substituents is 3. The highest BCUT2D eigenvalue weighted by Gasteiger charge is 2.38. The molecule has 1 aliphatic heterocycles. The van der Waals surface area contributed by atoms with Crippen molar-refractivity contribution in [1.29, 1.82) is 0 Å². The van der Waals surface area contributed by atoms with Gasteiger partial charge in [-0.15, -0.1) is 0 Å². The molecule has 4 N–H and O–H groups in total. The maximum absolute atomic E-state index is 14.7. The third kappa shape index (κ3) is 5.11. The molecular weight excluding hydrogens is 718 g/mol. The summed E-state index contributed by atoms with van der Waals surface area (Å²) in [5.74, 6) is -5.10. The number of amides is 2. The summed E-state index contributed by atoms with van der Waals surface area (Å²) >= 11 is 0. The first-order chi connectivity index (χ1) is 26.1. The van der Waals surface area contributed by atoms with Crippen LogP contribution < -0.4 is 37.3 Å². The van der Waals surface area contributed by atoms with Crippen molar-refractivity contribution >= 4 is 71.6 Å². The van der Waals surface area contributed by atoms with Crippen molar-refractivity contribution in [1.82, 2.24) is 14.8 Å². The van der Waals surface area contributed by atoms with E-state index in [1.807, 2.05) is 6.92 Å². The second kappa shape index (κ2) is 12.9. The van der Waals surface area contributed by atoms with Crippen LogP contribution in [0.4, 0.5) is 0 Å². The van der Waals surface area contributed by atoms with Gasteiger partial charge in [-0.05, 0) is 49.6 Å². The summed E-state index contributed by atoms with van der Waals surface area (Å²) in [5, 5.41) is 32.8. The molecule has 1 saturated heterocycles. The molecule has 0 saturated carbocycles. The van der Waals surface area contributed by atoms with Crippen LogP contribution in [-0.4, -0.2) is 75.4 Å². The lowest BCUT2D eigenvalue weighted by atomic mass is 9.91. The summed E-state index contributed by atoms with van der Waals surface area (Å²) in [6, 6.07) is 3.63. The van der Waals surface area contributed by atoms with Gasteiger partial charge in [0, 0.05) is 32.6 Å². The number of methoxy groups -OCH3 is 2. The minimum absolute atomic E-state index is 0.0904. The number of carbonyl (C=O) groups excluding carboxylic acids is 3. The Labute approximate surface area is 308 Å². The Morgan fingerprint density at radius 1 is 0.800 bits per heavy atom. The molecule has 1 fully saturated rings. The van der Waals surface area contributed by atoms with Gasteiger partial charge in [0.1, 0.15) is 41.6 Å². The molecular formula is C39H33N3O13. The zero-order chi connectivity index (χ0) is 39.9. The van der Waals surface area contributed by atoms with Gasteiger partial charge in [-0.3, -0.25) is 33.6 Å². The smallest absolute Gasteiger partial charge is 0.330 e. The molecule has 55 heavy (non-hydrogen) atoms. The van der Waals surface area contributed by atoms with Gasteiger partial charge < -0.3 is 39.6 Å². The number of esters is 1. The van der Waals surface area contributed by atoms with Gasteiger partial charge >= 0.3 is 5.97 Å². The number of nitrogens with one attached hydrogen (secondary N) is 1. The fourth-order valence-electron chi connectivity index (χ4n) is 7.67. The molecule has 0 radical (unpaired) electrons. The minimum Gasteiger partial charge on any atom is -0.507 e. The maximum Gasteiger partial charge on any atom is 0.330 e. The van der Waals surface area contributed by atoms with E-state index in [-0.39, 0.29) is 34.1 Å². The van der Waals surface area contributed by atoms with E-state index in [0.717, 1.165) is 28.7 Å². The number of carbonyl (C=O) groups is 3. The summed E-state index contributed by atoms with van der Waals surface area (Å²) in [5.41, 5.74) is -4.52. The lowest BCUT2D eigenvalue weighted by Crippen LogP contribution is -2.63. The number of ether oxygens (including phenoxy) is 2. The molecule has 2 heterocycles. The maximum atomic E-state index is 14.7. The highest BCUT2D eigenvalue weighted by molar-refractivity contribution is 6.24. The van der Waals surface area contributed by atoms with E-state index < -0.39 is 125 Å². The van der Waals surface area contributed by atoms with Crippen molar-refractivity contribution in [3.8, 4) is 23.0 Å². The number of piperazine rings is 1. The van der Waals surface area contributed by atoms with Crippen LogP contribution in [0.1, 0.15) is 38.8 Å². The van der Waals surface area contributed by atoms with Crippen LogP contribution in [0, 0.1) is 0 Å². The van der Waals surface area contributed by atoms with Crippen LogP contribution >= 0.6 is 0 Å². The quantitative estimate of drug-likeness (QED) is 0.0818. The van der Waals surface area contributed by atoms with Gasteiger partial charge in [0.2, 0.25) is 17.2 Å². The van der Waals surface area contributed by atoms with Crippen molar-refractivity contribution in [3.05, 3.63) is 87.3 Å². The normalized spacial score (nSPS) is 16.6. The molecule has 1 aromatic heterocycles. The number of nitrogens with zero attached hydrogens (tertiary/aromatic N) is 2. The molecule has 3 unspecified atom stereocenters. The molecule has 5 aromatic carbocycles. The molecule has 2 amide bonds. The summed E-state index contributed by atoms with van der Waals surface area (Å²) < 4.78 is 11.4. The van der Waals surface area contributed by atoms with Crippen LogP contribution in [0.5, 0.6) is 23.0 Å². The Morgan fingerprint density at radius 3 is 1.98 bits per heavy atom. The molecule has 16 heteroatoms. The van der Waals surface area contributed by atoms with Crippen LogP contribution in [-0.2, 0) is 25.7 Å². The molecule has 0 aliphatic carbocycles. The van der Waals surface area contributed by atoms with E-state index in [9.17, 15) is 53.7 Å².